The van der Waals surface area contributed by atoms with Crippen molar-refractivity contribution in [3.8, 4) is 16.9 Å². The van der Waals surface area contributed by atoms with E-state index in [1.54, 1.807) is 6.07 Å². The third-order valence-electron chi connectivity index (χ3n) is 5.58. The van der Waals surface area contributed by atoms with Crippen molar-refractivity contribution in [2.45, 2.75) is 51.6 Å². The zero-order valence-electron chi connectivity index (χ0n) is 15.5. The van der Waals surface area contributed by atoms with Crippen molar-refractivity contribution < 1.29 is 71.7 Å². The second kappa shape index (κ2) is 8.94. The van der Waals surface area contributed by atoms with Gasteiger partial charge in [0, 0.05) is 5.56 Å². The molecule has 1 nitrogen and oxygen atoms in total. The number of hydrogen-bond acceptors (Lipinski definition) is 1. The number of aryl methyl sites for hydroxylation is 2. The number of fused-ring (bicyclic) bond motifs is 1. The van der Waals surface area contributed by atoms with Crippen molar-refractivity contribution in [3.05, 3.63) is 59.5 Å². The van der Waals surface area contributed by atoms with Crippen molar-refractivity contribution in [1.29, 1.82) is 0 Å². The summed E-state index contributed by atoms with van der Waals surface area (Å²) in [5.41, 5.74) is 2.91. The summed E-state index contributed by atoms with van der Waals surface area (Å²) in [4.78, 5) is 0. The first kappa shape index (κ1) is 20.6. The largest absolute Gasteiger partial charge is 1.00 e. The minimum absolute atomic E-state index is 0. The van der Waals surface area contributed by atoms with E-state index in [4.69, 9.17) is 4.74 Å². The molecule has 4 rings (SSSR count). The van der Waals surface area contributed by atoms with E-state index in [9.17, 15) is 8.78 Å². The Morgan fingerprint density at radius 2 is 1.69 bits per heavy atom. The van der Waals surface area contributed by atoms with Crippen LogP contribution in [0.3, 0.4) is 0 Å². The van der Waals surface area contributed by atoms with Crippen LogP contribution >= 0.6 is 0 Å². The molecule has 132 valence electrons. The first-order valence-electron chi connectivity index (χ1n) is 9.19. The topological polar surface area (TPSA) is 9.23 Å². The molecule has 0 bridgehead atoms. The van der Waals surface area contributed by atoms with Crippen LogP contribution in [0.4, 0.5) is 8.78 Å². The first-order chi connectivity index (χ1) is 12.1. The summed E-state index contributed by atoms with van der Waals surface area (Å²) in [7, 11) is 0. The van der Waals surface area contributed by atoms with Crippen LogP contribution in [-0.2, 0) is 6.42 Å². The molecular formula is C22H23F2ORb. The summed E-state index contributed by atoms with van der Waals surface area (Å²) >= 11 is 0. The predicted octanol–water partition coefficient (Wildman–Crippen LogP) is 3.03. The molecule has 1 atom stereocenters. The summed E-state index contributed by atoms with van der Waals surface area (Å²) in [6, 6.07) is 9.27. The van der Waals surface area contributed by atoms with E-state index in [-0.39, 0.29) is 70.0 Å². The van der Waals surface area contributed by atoms with Crippen LogP contribution < -0.4 is 62.9 Å². The normalized spacial score (nSPS) is 20.0. The smallest absolute Gasteiger partial charge is 0.487 e. The number of hydrogen-bond donors (Lipinski definition) is 0. The van der Waals surface area contributed by atoms with E-state index in [1.165, 1.54) is 0 Å². The number of ether oxygens (including phenoxy) is 1. The third-order valence-corrected chi connectivity index (χ3v) is 5.58. The van der Waals surface area contributed by atoms with Gasteiger partial charge in [0.2, 0.25) is 5.82 Å². The number of halogens is 2. The minimum atomic E-state index is -0.833. The molecule has 26 heavy (non-hydrogen) atoms. The van der Waals surface area contributed by atoms with Gasteiger partial charge in [-0.3, -0.25) is 0 Å². The van der Waals surface area contributed by atoms with E-state index in [1.807, 2.05) is 31.2 Å². The van der Waals surface area contributed by atoms with E-state index in [0.29, 0.717) is 17.0 Å². The Balaban J connectivity index is 0.00000196. The van der Waals surface area contributed by atoms with E-state index in [2.05, 4.69) is 6.42 Å². The molecule has 2 aromatic rings. The fourth-order valence-electron chi connectivity index (χ4n) is 4.08. The molecule has 1 aliphatic carbocycles. The third kappa shape index (κ3) is 4.16. The Labute approximate surface area is 203 Å². The Morgan fingerprint density at radius 3 is 2.38 bits per heavy atom. The number of benzene rings is 2. The molecule has 1 fully saturated rings. The summed E-state index contributed by atoms with van der Waals surface area (Å²) < 4.78 is 35.4. The second-order valence-electron chi connectivity index (χ2n) is 7.30. The first-order valence-corrected chi connectivity index (χ1v) is 9.19. The molecule has 0 aromatic heterocycles. The quantitative estimate of drug-likeness (QED) is 0.671. The van der Waals surface area contributed by atoms with Crippen LogP contribution in [0.15, 0.2) is 30.3 Å². The fourth-order valence-corrected chi connectivity index (χ4v) is 4.08. The molecule has 1 saturated carbocycles. The maximum absolute atomic E-state index is 14.7. The van der Waals surface area contributed by atoms with Gasteiger partial charge in [-0.2, -0.15) is 17.2 Å². The summed E-state index contributed by atoms with van der Waals surface area (Å²) in [5, 5.41) is 0. The van der Waals surface area contributed by atoms with Crippen molar-refractivity contribution in [3.63, 3.8) is 0 Å². The Bertz CT molecular complexity index is 767. The van der Waals surface area contributed by atoms with E-state index in [0.717, 1.165) is 49.7 Å². The van der Waals surface area contributed by atoms with Crippen LogP contribution in [0.2, 0.25) is 0 Å². The second-order valence-corrected chi connectivity index (χ2v) is 7.30. The van der Waals surface area contributed by atoms with Crippen LogP contribution in [0, 0.1) is 30.9 Å². The van der Waals surface area contributed by atoms with Crippen LogP contribution in [-0.4, -0.2) is 6.10 Å². The SMILES string of the molecule is Cc1ccc(-c2cc3c(c(F)c2F)OC(C2CC[CH-]CC2)CC3)cc1.[Rb+]. The van der Waals surface area contributed by atoms with Crippen molar-refractivity contribution >= 4 is 0 Å². The number of rotatable bonds is 2. The van der Waals surface area contributed by atoms with Crippen molar-refractivity contribution in [2.75, 3.05) is 0 Å². The molecule has 0 saturated heterocycles. The molecule has 1 unspecified atom stereocenters. The predicted molar refractivity (Wildman–Crippen MR) is 95.5 cm³/mol. The summed E-state index contributed by atoms with van der Waals surface area (Å²) in [6.45, 7) is 1.98. The molecule has 0 spiro atoms. The Hall–Kier alpha value is -0.0948. The maximum atomic E-state index is 14.7. The minimum Gasteiger partial charge on any atom is -0.487 e. The Morgan fingerprint density at radius 1 is 1.00 bits per heavy atom. The molecule has 2 aromatic carbocycles. The summed E-state index contributed by atoms with van der Waals surface area (Å²) in [5.74, 6) is -1.04. The van der Waals surface area contributed by atoms with Gasteiger partial charge in [0.15, 0.2) is 11.6 Å². The van der Waals surface area contributed by atoms with E-state index >= 15 is 0 Å². The van der Waals surface area contributed by atoms with Gasteiger partial charge in [-0.15, -0.1) is 0 Å². The zero-order valence-corrected chi connectivity index (χ0v) is 20.4. The van der Waals surface area contributed by atoms with Gasteiger partial charge in [0.1, 0.15) is 6.10 Å². The van der Waals surface area contributed by atoms with Crippen LogP contribution in [0.25, 0.3) is 11.1 Å². The van der Waals surface area contributed by atoms with E-state index < -0.39 is 11.6 Å². The summed E-state index contributed by atoms with van der Waals surface area (Å²) in [6.07, 6.45) is 8.33. The van der Waals surface area contributed by atoms with Gasteiger partial charge >= 0.3 is 58.2 Å². The molecule has 4 heteroatoms. The average molecular weight is 427 g/mol. The molecule has 2 aliphatic rings. The maximum Gasteiger partial charge on any atom is 1.00 e. The monoisotopic (exact) mass is 426 g/mol. The molecule has 0 amide bonds. The van der Waals surface area contributed by atoms with Gasteiger partial charge in [0.25, 0.3) is 0 Å². The van der Waals surface area contributed by atoms with Crippen LogP contribution in [0.5, 0.6) is 5.75 Å². The standard InChI is InChI=1S/C22H23F2O.Rb/c1-14-7-9-15(10-8-14)18-13-17-11-12-19(16-5-3-2-4-6-16)25-22(17)21(24)20(18)23;/h2,7-10,13,16,19H,3-6,11-12H2,1H3;/q-1;+1. The molecule has 0 N–H and O–H groups in total. The molecule has 1 heterocycles. The van der Waals surface area contributed by atoms with Crippen molar-refractivity contribution in [1.82, 2.24) is 0 Å². The van der Waals surface area contributed by atoms with Gasteiger partial charge in [0.05, 0.1) is 0 Å². The van der Waals surface area contributed by atoms with Gasteiger partial charge in [-0.1, -0.05) is 42.7 Å². The molecular weight excluding hydrogens is 404 g/mol. The van der Waals surface area contributed by atoms with Gasteiger partial charge in [-0.05, 0) is 42.9 Å². The zero-order chi connectivity index (χ0) is 17.4. The molecule has 1 aliphatic heterocycles. The fraction of sp³-hybridized carbons (Fsp3) is 0.409. The van der Waals surface area contributed by atoms with Crippen molar-refractivity contribution in [2.24, 2.45) is 5.92 Å². The van der Waals surface area contributed by atoms with Gasteiger partial charge in [-0.25, -0.2) is 4.39 Å². The Kier molecular flexibility index (Phi) is 7.09. The van der Waals surface area contributed by atoms with Crippen LogP contribution in [0.1, 0.15) is 43.2 Å². The molecule has 0 radical (unpaired) electrons. The van der Waals surface area contributed by atoms with Gasteiger partial charge < -0.3 is 11.2 Å². The average Bonchev–Trinajstić information content (AvgIpc) is 2.66.